The molecule has 0 bridgehead atoms. The van der Waals surface area contributed by atoms with E-state index in [4.69, 9.17) is 0 Å². The Morgan fingerprint density at radius 1 is 1.44 bits per heavy atom. The molecule has 1 N–H and O–H groups in total. The highest BCUT2D eigenvalue weighted by Crippen LogP contribution is 2.31. The molecule has 0 aromatic carbocycles. The minimum Gasteiger partial charge on any atom is -0.369 e. The molecule has 1 fully saturated rings. The van der Waals surface area contributed by atoms with Crippen molar-refractivity contribution >= 4 is 22.6 Å². The molecule has 136 valence electrons. The number of halogens is 3. The molecule has 1 saturated heterocycles. The van der Waals surface area contributed by atoms with Gasteiger partial charge in [-0.25, -0.2) is 4.98 Å². The van der Waals surface area contributed by atoms with Crippen molar-refractivity contribution in [2.75, 3.05) is 25.0 Å². The molecule has 2 unspecified atom stereocenters. The molecule has 25 heavy (non-hydrogen) atoms. The summed E-state index contributed by atoms with van der Waals surface area (Å²) in [4.78, 5) is 22.7. The maximum Gasteiger partial charge on any atom is 0.397 e. The summed E-state index contributed by atoms with van der Waals surface area (Å²) in [6.45, 7) is 2.74. The lowest BCUT2D eigenvalue weighted by atomic mass is 9.91. The molecule has 0 saturated carbocycles. The number of likely N-dealkylation sites (N-methyl/N-ethyl adjacent to an activating group) is 1. The van der Waals surface area contributed by atoms with E-state index in [-0.39, 0.29) is 12.0 Å². The summed E-state index contributed by atoms with van der Waals surface area (Å²) in [5.41, 5.74) is 1.71. The van der Waals surface area contributed by atoms with Gasteiger partial charge in [0.05, 0.1) is 0 Å². The van der Waals surface area contributed by atoms with E-state index in [1.54, 1.807) is 12.4 Å². The second-order valence-electron chi connectivity index (χ2n) is 6.65. The van der Waals surface area contributed by atoms with Crippen LogP contribution in [0, 0.1) is 5.92 Å². The third kappa shape index (κ3) is 3.72. The van der Waals surface area contributed by atoms with Gasteiger partial charge in [-0.2, -0.15) is 13.2 Å². The molecule has 3 rings (SSSR count). The first-order valence-corrected chi connectivity index (χ1v) is 8.25. The Morgan fingerprint density at radius 3 is 2.92 bits per heavy atom. The second kappa shape index (κ2) is 6.57. The van der Waals surface area contributed by atoms with Crippen LogP contribution in [0.1, 0.15) is 19.8 Å². The Balaban J connectivity index is 1.80. The predicted octanol–water partition coefficient (Wildman–Crippen LogP) is 3.19. The molecule has 1 amide bonds. The summed E-state index contributed by atoms with van der Waals surface area (Å²) in [7, 11) is 1.92. The molecule has 2 aromatic heterocycles. The van der Waals surface area contributed by atoms with Gasteiger partial charge in [-0.1, -0.05) is 6.92 Å². The van der Waals surface area contributed by atoms with E-state index in [1.165, 1.54) is 4.90 Å². The van der Waals surface area contributed by atoms with Crippen LogP contribution in [0.3, 0.4) is 0 Å². The first-order valence-electron chi connectivity index (χ1n) is 8.25. The van der Waals surface area contributed by atoms with Gasteiger partial charge < -0.3 is 14.8 Å². The molecule has 0 aliphatic carbocycles. The quantitative estimate of drug-likeness (QED) is 0.921. The standard InChI is InChI=1S/C17H21F3N4O/c1-11-5-8-24(15(25)9-17(18,19)20)10-14(11)23(2)13-4-7-22-16-12(13)3-6-21-16/h3-4,6-7,11,14H,5,8-10H2,1-2H3,(H,21,22). The smallest absolute Gasteiger partial charge is 0.369 e. The molecule has 3 heterocycles. The van der Waals surface area contributed by atoms with Crippen LogP contribution >= 0.6 is 0 Å². The summed E-state index contributed by atoms with van der Waals surface area (Å²) in [5.74, 6) is -0.582. The fourth-order valence-corrected chi connectivity index (χ4v) is 3.50. The van der Waals surface area contributed by atoms with E-state index in [1.807, 2.05) is 19.2 Å². The van der Waals surface area contributed by atoms with Crippen molar-refractivity contribution in [2.24, 2.45) is 5.92 Å². The zero-order valence-electron chi connectivity index (χ0n) is 14.2. The third-order valence-electron chi connectivity index (χ3n) is 4.94. The van der Waals surface area contributed by atoms with E-state index in [0.717, 1.165) is 16.7 Å². The van der Waals surface area contributed by atoms with E-state index in [2.05, 4.69) is 21.8 Å². The summed E-state index contributed by atoms with van der Waals surface area (Å²) in [5, 5.41) is 0.955. The lowest BCUT2D eigenvalue weighted by Gasteiger charge is -2.42. The number of aromatic nitrogens is 2. The van der Waals surface area contributed by atoms with Gasteiger partial charge in [-0.05, 0) is 24.5 Å². The van der Waals surface area contributed by atoms with Gasteiger partial charge in [0.2, 0.25) is 5.91 Å². The Hall–Kier alpha value is -2.25. The highest BCUT2D eigenvalue weighted by Gasteiger charge is 2.37. The van der Waals surface area contributed by atoms with Gasteiger partial charge in [0.1, 0.15) is 12.1 Å². The topological polar surface area (TPSA) is 52.2 Å². The van der Waals surface area contributed by atoms with Crippen LogP contribution in [0.4, 0.5) is 18.9 Å². The molecular formula is C17H21F3N4O. The average Bonchev–Trinajstić information content (AvgIpc) is 3.01. The molecule has 2 aromatic rings. The van der Waals surface area contributed by atoms with Crippen molar-refractivity contribution in [1.29, 1.82) is 0 Å². The van der Waals surface area contributed by atoms with E-state index in [0.29, 0.717) is 19.5 Å². The zero-order valence-corrected chi connectivity index (χ0v) is 14.2. The number of anilines is 1. The molecule has 0 radical (unpaired) electrons. The predicted molar refractivity (Wildman–Crippen MR) is 89.3 cm³/mol. The van der Waals surface area contributed by atoms with Crippen LogP contribution in [0.2, 0.25) is 0 Å². The third-order valence-corrected chi connectivity index (χ3v) is 4.94. The van der Waals surface area contributed by atoms with Crippen LogP contribution < -0.4 is 4.90 Å². The SMILES string of the molecule is CC1CCN(C(=O)CC(F)(F)F)CC1N(C)c1ccnc2[nH]ccc12. The van der Waals surface area contributed by atoms with E-state index in [9.17, 15) is 18.0 Å². The normalized spacial score (nSPS) is 21.6. The maximum atomic E-state index is 12.5. The van der Waals surface area contributed by atoms with Crippen molar-refractivity contribution in [3.63, 3.8) is 0 Å². The highest BCUT2D eigenvalue weighted by atomic mass is 19.4. The molecule has 2 atom stereocenters. The number of hydrogen-bond acceptors (Lipinski definition) is 3. The van der Waals surface area contributed by atoms with E-state index < -0.39 is 18.5 Å². The number of rotatable bonds is 3. The van der Waals surface area contributed by atoms with Crippen molar-refractivity contribution in [2.45, 2.75) is 32.0 Å². The largest absolute Gasteiger partial charge is 0.397 e. The monoisotopic (exact) mass is 354 g/mol. The molecular weight excluding hydrogens is 333 g/mol. The van der Waals surface area contributed by atoms with Gasteiger partial charge >= 0.3 is 6.18 Å². The molecule has 5 nitrogen and oxygen atoms in total. The Bertz CT molecular complexity index is 758. The molecule has 8 heteroatoms. The number of carbonyl (C=O) groups excluding carboxylic acids is 1. The number of pyridine rings is 1. The number of carbonyl (C=O) groups is 1. The number of nitrogens with one attached hydrogen (secondary N) is 1. The van der Waals surface area contributed by atoms with E-state index >= 15 is 0 Å². The van der Waals surface area contributed by atoms with Crippen LogP contribution in [-0.4, -0.2) is 53.1 Å². The maximum absolute atomic E-state index is 12.5. The number of likely N-dealkylation sites (tertiary alicyclic amines) is 1. The Morgan fingerprint density at radius 2 is 2.20 bits per heavy atom. The number of piperidine rings is 1. The Kier molecular flexibility index (Phi) is 4.62. The zero-order chi connectivity index (χ0) is 18.2. The Labute approximate surface area is 143 Å². The lowest BCUT2D eigenvalue weighted by molar-refractivity contribution is -0.162. The van der Waals surface area contributed by atoms with Crippen LogP contribution in [0.25, 0.3) is 11.0 Å². The van der Waals surface area contributed by atoms with Crippen molar-refractivity contribution in [3.05, 3.63) is 24.5 Å². The van der Waals surface area contributed by atoms with Crippen LogP contribution in [0.5, 0.6) is 0 Å². The number of amides is 1. The summed E-state index contributed by atoms with van der Waals surface area (Å²) >= 11 is 0. The van der Waals surface area contributed by atoms with Gasteiger partial charge in [0.15, 0.2) is 0 Å². The van der Waals surface area contributed by atoms with Gasteiger partial charge in [0, 0.05) is 49.6 Å². The van der Waals surface area contributed by atoms with Gasteiger partial charge in [0.25, 0.3) is 0 Å². The number of hydrogen-bond donors (Lipinski definition) is 1. The van der Waals surface area contributed by atoms with Crippen LogP contribution in [-0.2, 0) is 4.79 Å². The number of H-pyrrole nitrogens is 1. The highest BCUT2D eigenvalue weighted by molar-refractivity contribution is 5.89. The van der Waals surface area contributed by atoms with Crippen molar-refractivity contribution in [3.8, 4) is 0 Å². The van der Waals surface area contributed by atoms with Crippen LogP contribution in [0.15, 0.2) is 24.5 Å². The minimum atomic E-state index is -4.47. The number of alkyl halides is 3. The summed E-state index contributed by atoms with van der Waals surface area (Å²) in [6, 6.07) is 3.76. The number of fused-ring (bicyclic) bond motifs is 1. The first-order chi connectivity index (χ1) is 11.8. The molecule has 0 spiro atoms. The van der Waals surface area contributed by atoms with Gasteiger partial charge in [-0.15, -0.1) is 0 Å². The lowest BCUT2D eigenvalue weighted by Crippen LogP contribution is -2.53. The van der Waals surface area contributed by atoms with Crippen molar-refractivity contribution < 1.29 is 18.0 Å². The minimum absolute atomic E-state index is 0.0496. The summed E-state index contributed by atoms with van der Waals surface area (Å²) < 4.78 is 37.6. The number of aromatic amines is 1. The molecule has 1 aliphatic heterocycles. The molecule has 1 aliphatic rings. The fraction of sp³-hybridized carbons (Fsp3) is 0.529. The first kappa shape index (κ1) is 17.6. The number of nitrogens with zero attached hydrogens (tertiary/aromatic N) is 3. The summed E-state index contributed by atoms with van der Waals surface area (Å²) in [6.07, 6.45) is -1.68. The van der Waals surface area contributed by atoms with Gasteiger partial charge in [-0.3, -0.25) is 4.79 Å². The second-order valence-corrected chi connectivity index (χ2v) is 6.65. The fourth-order valence-electron chi connectivity index (χ4n) is 3.50. The average molecular weight is 354 g/mol. The van der Waals surface area contributed by atoms with Crippen molar-refractivity contribution in [1.82, 2.24) is 14.9 Å².